The first-order valence-corrected chi connectivity index (χ1v) is 7.35. The summed E-state index contributed by atoms with van der Waals surface area (Å²) in [6, 6.07) is -0.500. The van der Waals surface area contributed by atoms with Gasteiger partial charge in [0.05, 0.1) is 4.99 Å². The summed E-state index contributed by atoms with van der Waals surface area (Å²) >= 11 is 5.30. The molecule has 1 fully saturated rings. The number of nitrogens with one attached hydrogen (secondary N) is 2. The van der Waals surface area contributed by atoms with Crippen molar-refractivity contribution in [3.8, 4) is 0 Å². The molecular formula is C14H24N2O2S. The van der Waals surface area contributed by atoms with E-state index in [1.165, 1.54) is 0 Å². The molecule has 0 radical (unpaired) electrons. The van der Waals surface area contributed by atoms with Crippen molar-refractivity contribution >= 4 is 29.1 Å². The van der Waals surface area contributed by atoms with Crippen LogP contribution in [0.3, 0.4) is 0 Å². The Kier molecular flexibility index (Phi) is 5.47. The van der Waals surface area contributed by atoms with E-state index in [9.17, 15) is 9.59 Å². The van der Waals surface area contributed by atoms with E-state index < -0.39 is 11.4 Å². The Bertz CT molecular complexity index is 344. The van der Waals surface area contributed by atoms with Crippen LogP contribution in [-0.2, 0) is 4.79 Å². The van der Waals surface area contributed by atoms with Gasteiger partial charge in [0, 0.05) is 0 Å². The van der Waals surface area contributed by atoms with Gasteiger partial charge in [-0.25, -0.2) is 4.79 Å². The molecule has 0 unspecified atom stereocenters. The molecule has 5 heteroatoms. The Morgan fingerprint density at radius 3 is 1.84 bits per heavy atom. The third-order valence-corrected chi connectivity index (χ3v) is 4.11. The fourth-order valence-electron chi connectivity index (χ4n) is 2.23. The minimum Gasteiger partial charge on any atom is -0.301 e. The lowest BCUT2D eigenvalue weighted by atomic mass is 9.74. The molecule has 0 aromatic rings. The van der Waals surface area contributed by atoms with Gasteiger partial charge in [-0.15, -0.1) is 0 Å². The largest absolute Gasteiger partial charge is 0.326 e. The highest BCUT2D eigenvalue weighted by atomic mass is 32.1. The maximum absolute atomic E-state index is 12.3. The van der Waals surface area contributed by atoms with Crippen molar-refractivity contribution < 1.29 is 9.59 Å². The number of urea groups is 1. The minimum absolute atomic E-state index is 0.234. The number of amides is 3. The highest BCUT2D eigenvalue weighted by Crippen LogP contribution is 2.35. The molecule has 4 nitrogen and oxygen atoms in total. The van der Waals surface area contributed by atoms with Crippen molar-refractivity contribution in [2.75, 3.05) is 0 Å². The first-order valence-electron chi connectivity index (χ1n) is 6.95. The molecule has 19 heavy (non-hydrogen) atoms. The Morgan fingerprint density at radius 2 is 1.47 bits per heavy atom. The first-order chi connectivity index (χ1) is 8.78. The number of hydrogen-bond acceptors (Lipinski definition) is 3. The highest BCUT2D eigenvalue weighted by Gasteiger charge is 2.46. The van der Waals surface area contributed by atoms with E-state index in [0.29, 0.717) is 29.7 Å². The predicted octanol–water partition coefficient (Wildman–Crippen LogP) is 3.01. The zero-order valence-corrected chi connectivity index (χ0v) is 13.0. The average Bonchev–Trinajstić information content (AvgIpc) is 2.26. The van der Waals surface area contributed by atoms with Crippen LogP contribution in [0.1, 0.15) is 53.4 Å². The smallest absolute Gasteiger partial charge is 0.301 e. The number of carbonyl (C=O) groups is 2. The van der Waals surface area contributed by atoms with Gasteiger partial charge >= 0.3 is 6.03 Å². The van der Waals surface area contributed by atoms with Gasteiger partial charge in [0.15, 0.2) is 0 Å². The van der Waals surface area contributed by atoms with Crippen LogP contribution >= 0.6 is 12.2 Å². The number of imide groups is 1. The number of thiocarbonyl (C=S) groups is 1. The van der Waals surface area contributed by atoms with Crippen molar-refractivity contribution in [2.24, 2.45) is 17.3 Å². The maximum atomic E-state index is 12.3. The van der Waals surface area contributed by atoms with E-state index in [-0.39, 0.29) is 5.91 Å². The Labute approximate surface area is 120 Å². The lowest BCUT2D eigenvalue weighted by Crippen LogP contribution is -2.61. The Morgan fingerprint density at radius 1 is 1.00 bits per heavy atom. The molecule has 0 spiro atoms. The predicted molar refractivity (Wildman–Crippen MR) is 79.8 cm³/mol. The zero-order chi connectivity index (χ0) is 14.6. The molecule has 1 rings (SSSR count). The Hall–Kier alpha value is -0.970. The number of rotatable bonds is 6. The van der Waals surface area contributed by atoms with Crippen molar-refractivity contribution in [1.82, 2.24) is 10.6 Å². The SMILES string of the molecule is CC(C)CCC1(CCC(C)C)C(=O)NC(=O)NC1=S. The molecule has 1 aliphatic heterocycles. The van der Waals surface area contributed by atoms with Crippen molar-refractivity contribution in [3.05, 3.63) is 0 Å². The quantitative estimate of drug-likeness (QED) is 0.737. The van der Waals surface area contributed by atoms with E-state index in [2.05, 4.69) is 38.3 Å². The van der Waals surface area contributed by atoms with Gasteiger partial charge in [-0.3, -0.25) is 10.1 Å². The molecule has 0 aromatic carbocycles. The molecule has 108 valence electrons. The second-order valence-corrected chi connectivity index (χ2v) is 6.59. The van der Waals surface area contributed by atoms with Gasteiger partial charge in [0.25, 0.3) is 0 Å². The highest BCUT2D eigenvalue weighted by molar-refractivity contribution is 7.80. The zero-order valence-electron chi connectivity index (χ0n) is 12.2. The van der Waals surface area contributed by atoms with E-state index >= 15 is 0 Å². The van der Waals surface area contributed by atoms with Crippen LogP contribution in [-0.4, -0.2) is 16.9 Å². The first kappa shape index (κ1) is 16.1. The van der Waals surface area contributed by atoms with Gasteiger partial charge in [0.1, 0.15) is 5.41 Å². The molecule has 0 atom stereocenters. The summed E-state index contributed by atoms with van der Waals surface area (Å²) in [7, 11) is 0. The van der Waals surface area contributed by atoms with Crippen LogP contribution in [0, 0.1) is 17.3 Å². The van der Waals surface area contributed by atoms with Gasteiger partial charge in [-0.2, -0.15) is 0 Å². The molecule has 3 amide bonds. The van der Waals surface area contributed by atoms with Crippen LogP contribution in [0.25, 0.3) is 0 Å². The van der Waals surface area contributed by atoms with Gasteiger partial charge in [0.2, 0.25) is 5.91 Å². The lowest BCUT2D eigenvalue weighted by Gasteiger charge is -2.37. The van der Waals surface area contributed by atoms with Crippen molar-refractivity contribution in [2.45, 2.75) is 53.4 Å². The lowest BCUT2D eigenvalue weighted by molar-refractivity contribution is -0.127. The molecule has 0 bridgehead atoms. The van der Waals surface area contributed by atoms with Gasteiger partial charge in [-0.1, -0.05) is 39.9 Å². The summed E-state index contributed by atoms with van der Waals surface area (Å²) in [5.74, 6) is 0.774. The maximum Gasteiger partial charge on any atom is 0.326 e. The molecule has 0 aliphatic carbocycles. The van der Waals surface area contributed by atoms with Crippen molar-refractivity contribution in [1.29, 1.82) is 0 Å². The summed E-state index contributed by atoms with van der Waals surface area (Å²) in [6.07, 6.45) is 3.23. The second-order valence-electron chi connectivity index (χ2n) is 6.18. The molecule has 1 aliphatic rings. The van der Waals surface area contributed by atoms with Crippen LogP contribution in [0.5, 0.6) is 0 Å². The van der Waals surface area contributed by atoms with Crippen LogP contribution in [0.4, 0.5) is 4.79 Å². The van der Waals surface area contributed by atoms with Gasteiger partial charge < -0.3 is 5.32 Å². The van der Waals surface area contributed by atoms with Crippen LogP contribution in [0.15, 0.2) is 0 Å². The summed E-state index contributed by atoms with van der Waals surface area (Å²) in [6.45, 7) is 8.49. The fraction of sp³-hybridized carbons (Fsp3) is 0.786. The fourth-order valence-corrected chi connectivity index (χ4v) is 2.62. The number of hydrogen-bond donors (Lipinski definition) is 2. The second kappa shape index (κ2) is 6.46. The molecule has 1 saturated heterocycles. The van der Waals surface area contributed by atoms with E-state index in [0.717, 1.165) is 12.8 Å². The summed E-state index contributed by atoms with van der Waals surface area (Å²) in [5.41, 5.74) is -0.711. The molecule has 2 N–H and O–H groups in total. The third kappa shape index (κ3) is 4.00. The average molecular weight is 284 g/mol. The minimum atomic E-state index is -0.711. The third-order valence-electron chi connectivity index (χ3n) is 3.62. The standard InChI is InChI=1S/C14H24N2O2S/c1-9(2)5-7-14(8-6-10(3)4)11(17)15-13(18)16-12(14)19/h9-10H,5-8H2,1-4H3,(H2,15,16,17,18,19). The summed E-state index contributed by atoms with van der Waals surface area (Å²) < 4.78 is 0. The number of carbonyl (C=O) groups excluding carboxylic acids is 2. The topological polar surface area (TPSA) is 58.2 Å². The van der Waals surface area contributed by atoms with Gasteiger partial charge in [-0.05, 0) is 37.5 Å². The van der Waals surface area contributed by atoms with Crippen LogP contribution in [0.2, 0.25) is 0 Å². The molecular weight excluding hydrogens is 260 g/mol. The molecule has 0 saturated carbocycles. The van der Waals surface area contributed by atoms with E-state index in [1.807, 2.05) is 0 Å². The Balaban J connectivity index is 2.91. The van der Waals surface area contributed by atoms with Crippen molar-refractivity contribution in [3.63, 3.8) is 0 Å². The molecule has 0 aromatic heterocycles. The monoisotopic (exact) mass is 284 g/mol. The normalized spacial score (nSPS) is 18.7. The van der Waals surface area contributed by atoms with Crippen LogP contribution < -0.4 is 10.6 Å². The summed E-state index contributed by atoms with van der Waals surface area (Å²) in [4.78, 5) is 24.0. The van der Waals surface area contributed by atoms with E-state index in [1.54, 1.807) is 0 Å². The van der Waals surface area contributed by atoms with E-state index in [4.69, 9.17) is 12.2 Å². The summed E-state index contributed by atoms with van der Waals surface area (Å²) in [5, 5.41) is 4.98. The molecule has 1 heterocycles.